The fraction of sp³-hybridized carbons (Fsp3) is 0.111. The maximum Gasteiger partial charge on any atom is 0.266 e. The van der Waals surface area contributed by atoms with Gasteiger partial charge in [0.2, 0.25) is 0 Å². The monoisotopic (exact) mass is 376 g/mol. The Morgan fingerprint density at radius 2 is 2.08 bits per heavy atom. The maximum atomic E-state index is 12.3. The lowest BCUT2D eigenvalue weighted by Crippen LogP contribution is -2.13. The first-order valence-corrected chi connectivity index (χ1v) is 8.04. The van der Waals surface area contributed by atoms with Crippen LogP contribution in [0.15, 0.2) is 42.0 Å². The molecule has 25 heavy (non-hydrogen) atoms. The van der Waals surface area contributed by atoms with E-state index < -0.39 is 5.91 Å². The number of carbonyl (C=O) groups is 1. The van der Waals surface area contributed by atoms with Crippen LogP contribution in [0.25, 0.3) is 6.08 Å². The number of nitrogens with zero attached hydrogens (tertiary/aromatic N) is 1. The number of carbonyl (C=O) groups excluding carboxylic acids is 1. The highest BCUT2D eigenvalue weighted by Crippen LogP contribution is 2.28. The summed E-state index contributed by atoms with van der Waals surface area (Å²) in [4.78, 5) is 12.3. The van der Waals surface area contributed by atoms with Crippen LogP contribution in [0.3, 0.4) is 0 Å². The molecule has 0 radical (unpaired) electrons. The number of hydrogen-bond donors (Lipinski definition) is 2. The number of phenolic OH excluding ortho intramolecular Hbond substituents is 1. The largest absolute Gasteiger partial charge is 0.504 e. The van der Waals surface area contributed by atoms with Gasteiger partial charge in [0.1, 0.15) is 11.6 Å². The van der Waals surface area contributed by atoms with Gasteiger partial charge in [0.15, 0.2) is 11.5 Å². The van der Waals surface area contributed by atoms with Crippen molar-refractivity contribution in [2.75, 3.05) is 11.9 Å². The molecule has 0 bridgehead atoms. The number of nitriles is 1. The van der Waals surface area contributed by atoms with E-state index in [1.807, 2.05) is 6.07 Å². The Kier molecular flexibility index (Phi) is 6.29. The lowest BCUT2D eigenvalue weighted by Gasteiger charge is -2.08. The summed E-state index contributed by atoms with van der Waals surface area (Å²) in [5.74, 6) is -0.378. The van der Waals surface area contributed by atoms with Gasteiger partial charge < -0.3 is 15.2 Å². The number of aromatic hydroxyl groups is 1. The van der Waals surface area contributed by atoms with Crippen LogP contribution in [0.5, 0.6) is 11.5 Å². The second-order valence-corrected chi connectivity index (χ2v) is 5.75. The third kappa shape index (κ3) is 4.90. The number of nitrogens with one attached hydrogen (secondary N) is 1. The Morgan fingerprint density at radius 1 is 1.32 bits per heavy atom. The number of amides is 1. The van der Waals surface area contributed by atoms with E-state index in [4.69, 9.17) is 27.9 Å². The molecule has 0 heterocycles. The van der Waals surface area contributed by atoms with E-state index >= 15 is 0 Å². The minimum atomic E-state index is -0.627. The van der Waals surface area contributed by atoms with E-state index in [0.717, 1.165) is 0 Å². The van der Waals surface area contributed by atoms with Crippen LogP contribution in [-0.4, -0.2) is 17.6 Å². The van der Waals surface area contributed by atoms with E-state index in [9.17, 15) is 15.2 Å². The Morgan fingerprint density at radius 3 is 2.76 bits per heavy atom. The van der Waals surface area contributed by atoms with Gasteiger partial charge in [0.25, 0.3) is 5.91 Å². The second-order valence-electron chi connectivity index (χ2n) is 4.91. The second kappa shape index (κ2) is 8.43. The summed E-state index contributed by atoms with van der Waals surface area (Å²) in [7, 11) is 0. The summed E-state index contributed by atoms with van der Waals surface area (Å²) < 4.78 is 5.28. The van der Waals surface area contributed by atoms with Crippen molar-refractivity contribution < 1.29 is 14.6 Å². The molecule has 0 atom stereocenters. The SMILES string of the molecule is CCOc1cc(/C=C(\C#N)C(=O)Nc2cc(Cl)ccc2Cl)ccc1O. The number of hydrogen-bond acceptors (Lipinski definition) is 4. The molecule has 2 aromatic rings. The van der Waals surface area contributed by atoms with Gasteiger partial charge in [-0.3, -0.25) is 4.79 Å². The molecule has 0 aromatic heterocycles. The van der Waals surface area contributed by atoms with E-state index in [1.54, 1.807) is 25.1 Å². The molecule has 0 spiro atoms. The molecule has 0 unspecified atom stereocenters. The first kappa shape index (κ1) is 18.7. The normalized spacial score (nSPS) is 10.9. The van der Waals surface area contributed by atoms with Gasteiger partial charge in [0.05, 0.1) is 17.3 Å². The lowest BCUT2D eigenvalue weighted by molar-refractivity contribution is -0.112. The smallest absolute Gasteiger partial charge is 0.266 e. The first-order valence-electron chi connectivity index (χ1n) is 7.28. The fourth-order valence-electron chi connectivity index (χ4n) is 1.99. The Balaban J connectivity index is 2.28. The zero-order chi connectivity index (χ0) is 18.4. The predicted molar refractivity (Wildman–Crippen MR) is 98.0 cm³/mol. The maximum absolute atomic E-state index is 12.3. The van der Waals surface area contributed by atoms with Gasteiger partial charge in [0, 0.05) is 5.02 Å². The van der Waals surface area contributed by atoms with Crippen molar-refractivity contribution in [3.05, 3.63) is 57.6 Å². The number of phenols is 1. The van der Waals surface area contributed by atoms with Crippen molar-refractivity contribution in [2.24, 2.45) is 0 Å². The predicted octanol–water partition coefficient (Wildman–Crippen LogP) is 4.64. The van der Waals surface area contributed by atoms with Gasteiger partial charge in [-0.2, -0.15) is 5.26 Å². The zero-order valence-corrected chi connectivity index (χ0v) is 14.7. The third-order valence-corrected chi connectivity index (χ3v) is 3.70. The highest BCUT2D eigenvalue weighted by Gasteiger charge is 2.12. The van der Waals surface area contributed by atoms with Crippen molar-refractivity contribution in [3.63, 3.8) is 0 Å². The molecule has 0 aliphatic carbocycles. The molecule has 0 saturated heterocycles. The molecule has 7 heteroatoms. The highest BCUT2D eigenvalue weighted by atomic mass is 35.5. The van der Waals surface area contributed by atoms with Crippen LogP contribution in [0.4, 0.5) is 5.69 Å². The number of rotatable bonds is 5. The molecule has 0 aliphatic heterocycles. The summed E-state index contributed by atoms with van der Waals surface area (Å²) in [5, 5.41) is 22.2. The molecule has 0 aliphatic rings. The van der Waals surface area contributed by atoms with E-state index in [0.29, 0.717) is 27.9 Å². The van der Waals surface area contributed by atoms with Crippen molar-refractivity contribution in [2.45, 2.75) is 6.92 Å². The van der Waals surface area contributed by atoms with Crippen molar-refractivity contribution in [1.29, 1.82) is 5.26 Å². The first-order chi connectivity index (χ1) is 11.9. The standard InChI is InChI=1S/C18H14Cl2N2O3/c1-2-25-17-8-11(3-6-16(17)23)7-12(10-21)18(24)22-15-9-13(19)4-5-14(15)20/h3-9,23H,2H2,1H3,(H,22,24)/b12-7+. The van der Waals surface area contributed by atoms with Gasteiger partial charge in [-0.15, -0.1) is 0 Å². The molecule has 2 aromatic carbocycles. The Labute approximate surface area is 155 Å². The van der Waals surface area contributed by atoms with Crippen LogP contribution in [0.2, 0.25) is 10.0 Å². The summed E-state index contributed by atoms with van der Waals surface area (Å²) >= 11 is 11.9. The number of anilines is 1. The molecule has 2 rings (SSSR count). The highest BCUT2D eigenvalue weighted by molar-refractivity contribution is 6.36. The average molecular weight is 377 g/mol. The molecule has 0 fully saturated rings. The van der Waals surface area contributed by atoms with Crippen LogP contribution in [0.1, 0.15) is 12.5 Å². The van der Waals surface area contributed by atoms with Crippen LogP contribution < -0.4 is 10.1 Å². The topological polar surface area (TPSA) is 82.3 Å². The summed E-state index contributed by atoms with van der Waals surface area (Å²) in [6.07, 6.45) is 1.38. The number of ether oxygens (including phenoxy) is 1. The quantitative estimate of drug-likeness (QED) is 0.587. The minimum Gasteiger partial charge on any atom is -0.504 e. The molecule has 0 saturated carbocycles. The summed E-state index contributed by atoms with van der Waals surface area (Å²) in [6.45, 7) is 2.16. The van der Waals surface area contributed by atoms with Crippen LogP contribution in [-0.2, 0) is 4.79 Å². The van der Waals surface area contributed by atoms with Crippen LogP contribution in [0, 0.1) is 11.3 Å². The van der Waals surface area contributed by atoms with E-state index in [-0.39, 0.29) is 17.1 Å². The Hall–Kier alpha value is -2.68. The molecule has 2 N–H and O–H groups in total. The van der Waals surface area contributed by atoms with Crippen molar-refractivity contribution >= 4 is 40.9 Å². The van der Waals surface area contributed by atoms with Gasteiger partial charge >= 0.3 is 0 Å². The summed E-state index contributed by atoms with van der Waals surface area (Å²) in [5.41, 5.74) is 0.704. The molecule has 128 valence electrons. The third-order valence-electron chi connectivity index (χ3n) is 3.14. The number of halogens is 2. The molecular weight excluding hydrogens is 363 g/mol. The number of benzene rings is 2. The minimum absolute atomic E-state index is 0.0207. The molecule has 1 amide bonds. The zero-order valence-electron chi connectivity index (χ0n) is 13.2. The molecule has 5 nitrogen and oxygen atoms in total. The van der Waals surface area contributed by atoms with Crippen LogP contribution >= 0.6 is 23.2 Å². The van der Waals surface area contributed by atoms with Gasteiger partial charge in [-0.25, -0.2) is 0 Å². The van der Waals surface area contributed by atoms with Crippen molar-refractivity contribution in [3.8, 4) is 17.6 Å². The van der Waals surface area contributed by atoms with Gasteiger partial charge in [-0.1, -0.05) is 29.3 Å². The Bertz CT molecular complexity index is 873. The van der Waals surface area contributed by atoms with Gasteiger partial charge in [-0.05, 0) is 48.9 Å². The molecular formula is C18H14Cl2N2O3. The average Bonchev–Trinajstić information content (AvgIpc) is 2.58. The lowest BCUT2D eigenvalue weighted by atomic mass is 10.1. The summed E-state index contributed by atoms with van der Waals surface area (Å²) in [6, 6.07) is 11.0. The van der Waals surface area contributed by atoms with E-state index in [1.165, 1.54) is 24.3 Å². The van der Waals surface area contributed by atoms with Crippen molar-refractivity contribution in [1.82, 2.24) is 0 Å². The van der Waals surface area contributed by atoms with E-state index in [2.05, 4.69) is 5.32 Å². The fourth-order valence-corrected chi connectivity index (χ4v) is 2.33.